The van der Waals surface area contributed by atoms with Crippen LogP contribution in [0.4, 0.5) is 14.5 Å². The summed E-state index contributed by atoms with van der Waals surface area (Å²) in [5.74, 6) is -2.34. The number of amides is 2. The Morgan fingerprint density at radius 1 is 0.956 bits per heavy atom. The van der Waals surface area contributed by atoms with Crippen LogP contribution in [0.25, 0.3) is 33.6 Å². The summed E-state index contributed by atoms with van der Waals surface area (Å²) < 4.78 is 59.3. The number of aromatic hydroxyl groups is 1. The van der Waals surface area contributed by atoms with Crippen molar-refractivity contribution in [2.45, 2.75) is 6.42 Å². The third kappa shape index (κ3) is 6.48. The fourth-order valence-corrected chi connectivity index (χ4v) is 5.26. The fraction of sp³-hybridized carbons (Fsp3) is 0.156. The number of hydrogen-bond acceptors (Lipinski definition) is 7. The molecule has 45 heavy (non-hydrogen) atoms. The van der Waals surface area contributed by atoms with Crippen LogP contribution >= 0.6 is 0 Å². The Balaban J connectivity index is 1.62. The molecule has 10 nitrogen and oxygen atoms in total. The third-order valence-corrected chi connectivity index (χ3v) is 8.37. The van der Waals surface area contributed by atoms with E-state index in [0.29, 0.717) is 17.4 Å². The van der Waals surface area contributed by atoms with Gasteiger partial charge in [-0.25, -0.2) is 22.2 Å². The van der Waals surface area contributed by atoms with Gasteiger partial charge in [0.2, 0.25) is 10.0 Å². The number of hydrogen-bond donors (Lipinski definition) is 3. The number of sulfonamides is 1. The zero-order chi connectivity index (χ0) is 32.5. The van der Waals surface area contributed by atoms with Crippen molar-refractivity contribution in [1.82, 2.24) is 15.6 Å². The van der Waals surface area contributed by atoms with Crippen LogP contribution in [-0.4, -0.2) is 57.2 Å². The highest BCUT2D eigenvalue weighted by molar-refractivity contribution is 7.92. The first-order chi connectivity index (χ1) is 21.4. The molecule has 0 radical (unpaired) electrons. The summed E-state index contributed by atoms with van der Waals surface area (Å²) in [6.07, 6.45) is 1.40. The lowest BCUT2D eigenvalue weighted by molar-refractivity contribution is 0.0943. The first-order valence-electron chi connectivity index (χ1n) is 13.6. The molecule has 0 spiro atoms. The number of nitrogens with one attached hydrogen (secondary N) is 2. The molecule has 5 aromatic rings. The van der Waals surface area contributed by atoms with Crippen LogP contribution in [-0.2, 0) is 16.4 Å². The van der Waals surface area contributed by atoms with Gasteiger partial charge in [-0.1, -0.05) is 12.1 Å². The summed E-state index contributed by atoms with van der Waals surface area (Å²) >= 11 is 0. The monoisotopic (exact) mass is 634 g/mol. The summed E-state index contributed by atoms with van der Waals surface area (Å²) in [6.45, 7) is 0.167. The number of pyridine rings is 1. The number of rotatable bonds is 9. The number of aromatic nitrogens is 1. The maximum atomic E-state index is 13.7. The molecular formula is C32H28F2N4O6S. The zero-order valence-corrected chi connectivity index (χ0v) is 25.2. The molecule has 232 valence electrons. The van der Waals surface area contributed by atoms with Crippen molar-refractivity contribution in [3.8, 4) is 28.3 Å². The van der Waals surface area contributed by atoms with Gasteiger partial charge in [0, 0.05) is 43.2 Å². The molecule has 0 saturated heterocycles. The molecule has 0 atom stereocenters. The molecule has 0 unspecified atom stereocenters. The highest BCUT2D eigenvalue weighted by Crippen LogP contribution is 2.41. The summed E-state index contributed by atoms with van der Waals surface area (Å²) in [4.78, 5) is 30.5. The first kappa shape index (κ1) is 31.1. The Morgan fingerprint density at radius 3 is 2.22 bits per heavy atom. The van der Waals surface area contributed by atoms with Gasteiger partial charge in [-0.2, -0.15) is 0 Å². The molecule has 5 rings (SSSR count). The predicted molar refractivity (Wildman–Crippen MR) is 166 cm³/mol. The number of carbonyl (C=O) groups is 2. The highest BCUT2D eigenvalue weighted by atomic mass is 32.2. The number of fused-ring (bicyclic) bond motifs is 1. The second kappa shape index (κ2) is 12.4. The van der Waals surface area contributed by atoms with E-state index in [1.807, 2.05) is 0 Å². The van der Waals surface area contributed by atoms with E-state index in [-0.39, 0.29) is 51.9 Å². The van der Waals surface area contributed by atoms with Crippen LogP contribution in [0, 0.1) is 11.6 Å². The lowest BCUT2D eigenvalue weighted by Gasteiger charge is -2.20. The Kier molecular flexibility index (Phi) is 8.55. The van der Waals surface area contributed by atoms with E-state index in [2.05, 4.69) is 15.6 Å². The molecule has 3 N–H and O–H groups in total. The van der Waals surface area contributed by atoms with Crippen molar-refractivity contribution in [3.63, 3.8) is 0 Å². The minimum absolute atomic E-state index is 0.117. The van der Waals surface area contributed by atoms with Crippen LogP contribution < -0.4 is 14.9 Å². The van der Waals surface area contributed by atoms with Gasteiger partial charge in [0.15, 0.2) is 5.69 Å². The number of furan rings is 1. The van der Waals surface area contributed by atoms with Crippen LogP contribution in [0.15, 0.2) is 77.2 Å². The molecule has 0 aliphatic rings. The van der Waals surface area contributed by atoms with Crippen molar-refractivity contribution in [2.75, 3.05) is 31.2 Å². The summed E-state index contributed by atoms with van der Waals surface area (Å²) in [5, 5.41) is 16.1. The third-order valence-electron chi connectivity index (χ3n) is 7.18. The van der Waals surface area contributed by atoms with Gasteiger partial charge in [-0.15, -0.1) is 0 Å². The van der Waals surface area contributed by atoms with Gasteiger partial charge in [0.1, 0.15) is 28.7 Å². The maximum absolute atomic E-state index is 13.7. The Labute approximate surface area is 257 Å². The van der Waals surface area contributed by atoms with Crippen LogP contribution in [0.2, 0.25) is 0 Å². The van der Waals surface area contributed by atoms with Crippen molar-refractivity contribution in [1.29, 1.82) is 0 Å². The Morgan fingerprint density at radius 2 is 1.60 bits per heavy atom. The van der Waals surface area contributed by atoms with Crippen LogP contribution in [0.1, 0.15) is 26.4 Å². The topological polar surface area (TPSA) is 142 Å². The van der Waals surface area contributed by atoms with Crippen molar-refractivity contribution in [2.24, 2.45) is 0 Å². The molecule has 0 fully saturated rings. The second-order valence-corrected chi connectivity index (χ2v) is 12.2. The molecule has 2 aromatic heterocycles. The number of anilines is 1. The fourth-order valence-electron chi connectivity index (χ4n) is 4.76. The van der Waals surface area contributed by atoms with E-state index in [1.165, 1.54) is 74.8 Å². The van der Waals surface area contributed by atoms with E-state index in [9.17, 15) is 31.9 Å². The van der Waals surface area contributed by atoms with E-state index in [4.69, 9.17) is 4.42 Å². The highest BCUT2D eigenvalue weighted by Gasteiger charge is 2.27. The minimum Gasteiger partial charge on any atom is -0.505 e. The largest absolute Gasteiger partial charge is 0.505 e. The van der Waals surface area contributed by atoms with Crippen molar-refractivity contribution in [3.05, 3.63) is 101 Å². The SMILES string of the molecule is CNC(=O)c1c(-c2ccc(F)cc2)oc2cc(N(C)S(C)(=O)=O)c(-c3ccc(O)c(C(=O)NCCc4ccc(F)cc4)n3)cc12. The van der Waals surface area contributed by atoms with Crippen LogP contribution in [0.3, 0.4) is 0 Å². The maximum Gasteiger partial charge on any atom is 0.273 e. The number of nitrogens with zero attached hydrogens (tertiary/aromatic N) is 2. The average molecular weight is 635 g/mol. The van der Waals surface area contributed by atoms with Gasteiger partial charge in [-0.3, -0.25) is 13.9 Å². The second-order valence-electron chi connectivity index (χ2n) is 10.2. The lowest BCUT2D eigenvalue weighted by atomic mass is 10.0. The predicted octanol–water partition coefficient (Wildman–Crippen LogP) is 4.87. The summed E-state index contributed by atoms with van der Waals surface area (Å²) in [5.41, 5.74) is 1.62. The lowest BCUT2D eigenvalue weighted by Crippen LogP contribution is -2.27. The van der Waals surface area contributed by atoms with Gasteiger partial charge in [0.05, 0.1) is 23.2 Å². The Bertz CT molecular complexity index is 2030. The standard InChI is InChI=1S/C32H28F2N4O6S/c1-35-31(40)28-23-16-22(24-12-13-26(39)29(37-24)32(41)36-15-14-18-4-8-20(33)9-5-18)25(38(2)45(3,42)43)17-27(23)44-30(28)19-6-10-21(34)11-7-19/h4-13,16-17,39H,14-15H2,1-3H3,(H,35,40)(H,36,41). The quantitative estimate of drug-likeness (QED) is 0.210. The van der Waals surface area contributed by atoms with Gasteiger partial charge in [-0.05, 0) is 66.6 Å². The molecule has 2 heterocycles. The molecule has 0 saturated carbocycles. The average Bonchev–Trinajstić information content (AvgIpc) is 3.39. The number of carbonyl (C=O) groups excluding carboxylic acids is 2. The van der Waals surface area contributed by atoms with Gasteiger partial charge in [0.25, 0.3) is 11.8 Å². The number of benzene rings is 3. The molecule has 0 aliphatic heterocycles. The smallest absolute Gasteiger partial charge is 0.273 e. The van der Waals surface area contributed by atoms with Crippen molar-refractivity contribution >= 4 is 38.5 Å². The normalized spacial score (nSPS) is 11.4. The summed E-state index contributed by atoms with van der Waals surface area (Å²) in [6, 6.07) is 16.8. The van der Waals surface area contributed by atoms with Gasteiger partial charge >= 0.3 is 0 Å². The number of halogens is 2. The van der Waals surface area contributed by atoms with Gasteiger partial charge < -0.3 is 20.2 Å². The molecular weight excluding hydrogens is 606 g/mol. The minimum atomic E-state index is -3.82. The Hall–Kier alpha value is -5.30. The summed E-state index contributed by atoms with van der Waals surface area (Å²) in [7, 11) is -1.06. The van der Waals surface area contributed by atoms with Crippen LogP contribution in [0.5, 0.6) is 5.75 Å². The molecule has 0 aliphatic carbocycles. The van der Waals surface area contributed by atoms with E-state index < -0.39 is 33.4 Å². The molecule has 2 amide bonds. The molecule has 13 heteroatoms. The van der Waals surface area contributed by atoms with E-state index >= 15 is 0 Å². The zero-order valence-electron chi connectivity index (χ0n) is 24.4. The molecule has 3 aromatic carbocycles. The first-order valence-corrected chi connectivity index (χ1v) is 15.5. The van der Waals surface area contributed by atoms with E-state index in [0.717, 1.165) is 16.1 Å². The van der Waals surface area contributed by atoms with Crippen molar-refractivity contribution < 1.29 is 36.3 Å². The molecule has 0 bridgehead atoms. The van der Waals surface area contributed by atoms with E-state index in [1.54, 1.807) is 12.1 Å².